The van der Waals surface area contributed by atoms with Crippen LogP contribution in [0, 0.1) is 0 Å². The van der Waals surface area contributed by atoms with Crippen LogP contribution in [0.4, 0.5) is 0 Å². The van der Waals surface area contributed by atoms with Gasteiger partial charge in [0.1, 0.15) is 0 Å². The lowest BCUT2D eigenvalue weighted by atomic mass is 10.1. The van der Waals surface area contributed by atoms with E-state index in [1.54, 1.807) is 12.0 Å². The first-order chi connectivity index (χ1) is 11.1. The van der Waals surface area contributed by atoms with Gasteiger partial charge in [0.2, 0.25) is 11.8 Å². The first-order valence-electron chi connectivity index (χ1n) is 7.62. The molecule has 2 amide bonds. The number of ether oxygens (including phenoxy) is 1. The van der Waals surface area contributed by atoms with Crippen LogP contribution in [-0.4, -0.2) is 56.1 Å². The molecule has 2 rings (SSSR count). The molecule has 1 unspecified atom stereocenters. The Balaban J connectivity index is 1.89. The van der Waals surface area contributed by atoms with E-state index in [4.69, 9.17) is 4.74 Å². The van der Waals surface area contributed by atoms with Crippen molar-refractivity contribution in [3.8, 4) is 0 Å². The second-order valence-corrected chi connectivity index (χ2v) is 6.36. The van der Waals surface area contributed by atoms with Crippen LogP contribution in [0.15, 0.2) is 28.7 Å². The van der Waals surface area contributed by atoms with Gasteiger partial charge in [0, 0.05) is 37.8 Å². The molecule has 1 aromatic rings. The lowest BCUT2D eigenvalue weighted by Crippen LogP contribution is -2.55. The van der Waals surface area contributed by atoms with Gasteiger partial charge in [-0.1, -0.05) is 28.1 Å². The predicted octanol–water partition coefficient (Wildman–Crippen LogP) is 0.902. The van der Waals surface area contributed by atoms with E-state index in [2.05, 4.69) is 26.6 Å². The number of methoxy groups -OCH3 is 1. The minimum Gasteiger partial charge on any atom is -0.383 e. The molecular formula is C16H22BrN3O3. The maximum absolute atomic E-state index is 12.5. The van der Waals surface area contributed by atoms with Crippen molar-refractivity contribution in [2.45, 2.75) is 19.0 Å². The molecule has 0 bridgehead atoms. The molecule has 1 aromatic carbocycles. The Labute approximate surface area is 144 Å². The molecule has 1 fully saturated rings. The van der Waals surface area contributed by atoms with E-state index < -0.39 is 6.04 Å². The molecule has 2 N–H and O–H groups in total. The molecule has 0 spiro atoms. The van der Waals surface area contributed by atoms with Crippen molar-refractivity contribution in [2.24, 2.45) is 0 Å². The van der Waals surface area contributed by atoms with Gasteiger partial charge in [-0.2, -0.15) is 0 Å². The van der Waals surface area contributed by atoms with Crippen LogP contribution < -0.4 is 10.6 Å². The second-order valence-electron chi connectivity index (χ2n) is 5.44. The number of amides is 2. The average molecular weight is 384 g/mol. The van der Waals surface area contributed by atoms with Gasteiger partial charge < -0.3 is 20.3 Å². The van der Waals surface area contributed by atoms with E-state index in [0.717, 1.165) is 10.0 Å². The Hall–Kier alpha value is -1.44. The first kappa shape index (κ1) is 17.9. The van der Waals surface area contributed by atoms with Gasteiger partial charge >= 0.3 is 0 Å². The SMILES string of the molecule is COCCNC(=O)CC1NCCN(Cc2cccc(Br)c2)C1=O. The number of nitrogens with one attached hydrogen (secondary N) is 2. The summed E-state index contributed by atoms with van der Waals surface area (Å²) in [5, 5.41) is 5.87. The Kier molecular flexibility index (Phi) is 7.01. The van der Waals surface area contributed by atoms with Crippen molar-refractivity contribution in [1.29, 1.82) is 0 Å². The molecule has 7 heteroatoms. The lowest BCUT2D eigenvalue weighted by Gasteiger charge is -2.33. The second kappa shape index (κ2) is 9.00. The van der Waals surface area contributed by atoms with E-state index in [1.807, 2.05) is 24.3 Å². The van der Waals surface area contributed by atoms with Gasteiger partial charge in [0.15, 0.2) is 0 Å². The topological polar surface area (TPSA) is 70.7 Å². The predicted molar refractivity (Wildman–Crippen MR) is 90.9 cm³/mol. The molecule has 0 aromatic heterocycles. The molecule has 0 saturated carbocycles. The molecule has 1 heterocycles. The van der Waals surface area contributed by atoms with E-state index in [-0.39, 0.29) is 18.2 Å². The fourth-order valence-electron chi connectivity index (χ4n) is 2.51. The highest BCUT2D eigenvalue weighted by atomic mass is 79.9. The van der Waals surface area contributed by atoms with Crippen molar-refractivity contribution in [3.05, 3.63) is 34.3 Å². The van der Waals surface area contributed by atoms with Crippen LogP contribution in [0.3, 0.4) is 0 Å². The fraction of sp³-hybridized carbons (Fsp3) is 0.500. The standard InChI is InChI=1S/C16H22BrN3O3/c1-23-8-6-19-15(21)10-14-16(22)20(7-5-18-14)11-12-3-2-4-13(17)9-12/h2-4,9,14,18H,5-8,10-11H2,1H3,(H,19,21). The third kappa shape index (κ3) is 5.60. The summed E-state index contributed by atoms with van der Waals surface area (Å²) >= 11 is 3.44. The van der Waals surface area contributed by atoms with Crippen LogP contribution in [0.1, 0.15) is 12.0 Å². The first-order valence-corrected chi connectivity index (χ1v) is 8.41. The summed E-state index contributed by atoms with van der Waals surface area (Å²) < 4.78 is 5.88. The number of hydrogen-bond donors (Lipinski definition) is 2. The Bertz CT molecular complexity index is 553. The van der Waals surface area contributed by atoms with Crippen LogP contribution in [0.5, 0.6) is 0 Å². The summed E-state index contributed by atoms with van der Waals surface area (Å²) in [7, 11) is 1.58. The summed E-state index contributed by atoms with van der Waals surface area (Å²) in [6.45, 7) is 2.81. The van der Waals surface area contributed by atoms with Crippen LogP contribution in [0.25, 0.3) is 0 Å². The summed E-state index contributed by atoms with van der Waals surface area (Å²) in [5.41, 5.74) is 1.07. The Morgan fingerprint density at radius 1 is 1.52 bits per heavy atom. The van der Waals surface area contributed by atoms with Gasteiger partial charge in [-0.25, -0.2) is 0 Å². The van der Waals surface area contributed by atoms with Crippen LogP contribution in [-0.2, 0) is 20.9 Å². The number of nitrogens with zero attached hydrogens (tertiary/aromatic N) is 1. The minimum atomic E-state index is -0.460. The highest BCUT2D eigenvalue weighted by molar-refractivity contribution is 9.10. The van der Waals surface area contributed by atoms with Gasteiger partial charge in [0.05, 0.1) is 19.1 Å². The highest BCUT2D eigenvalue weighted by Gasteiger charge is 2.29. The molecule has 23 heavy (non-hydrogen) atoms. The number of hydrogen-bond acceptors (Lipinski definition) is 4. The van der Waals surface area contributed by atoms with Gasteiger partial charge in [-0.05, 0) is 17.7 Å². The molecule has 0 radical (unpaired) electrons. The smallest absolute Gasteiger partial charge is 0.240 e. The third-order valence-electron chi connectivity index (χ3n) is 3.66. The van der Waals surface area contributed by atoms with Crippen molar-refractivity contribution in [2.75, 3.05) is 33.4 Å². The summed E-state index contributed by atoms with van der Waals surface area (Å²) in [6.07, 6.45) is 0.150. The van der Waals surface area contributed by atoms with Crippen molar-refractivity contribution in [3.63, 3.8) is 0 Å². The zero-order valence-electron chi connectivity index (χ0n) is 13.2. The third-order valence-corrected chi connectivity index (χ3v) is 4.16. The summed E-state index contributed by atoms with van der Waals surface area (Å²) in [4.78, 5) is 26.2. The maximum atomic E-state index is 12.5. The van der Waals surface area contributed by atoms with E-state index in [9.17, 15) is 9.59 Å². The van der Waals surface area contributed by atoms with E-state index in [0.29, 0.717) is 32.8 Å². The largest absolute Gasteiger partial charge is 0.383 e. The fourth-order valence-corrected chi connectivity index (χ4v) is 2.96. The molecule has 0 aliphatic carbocycles. The number of halogens is 1. The van der Waals surface area contributed by atoms with Crippen molar-refractivity contribution < 1.29 is 14.3 Å². The normalized spacial score (nSPS) is 18.1. The minimum absolute atomic E-state index is 0.0295. The average Bonchev–Trinajstić information content (AvgIpc) is 2.52. The number of carbonyl (C=O) groups is 2. The quantitative estimate of drug-likeness (QED) is 0.686. The highest BCUT2D eigenvalue weighted by Crippen LogP contribution is 2.15. The Morgan fingerprint density at radius 3 is 3.09 bits per heavy atom. The molecule has 1 aliphatic rings. The molecule has 126 valence electrons. The summed E-state index contributed by atoms with van der Waals surface area (Å²) in [5.74, 6) is -0.171. The zero-order chi connectivity index (χ0) is 16.7. The zero-order valence-corrected chi connectivity index (χ0v) is 14.8. The van der Waals surface area contributed by atoms with Gasteiger partial charge in [-0.15, -0.1) is 0 Å². The van der Waals surface area contributed by atoms with Crippen LogP contribution in [0.2, 0.25) is 0 Å². The van der Waals surface area contributed by atoms with E-state index >= 15 is 0 Å². The molecule has 1 saturated heterocycles. The van der Waals surface area contributed by atoms with Gasteiger partial charge in [-0.3, -0.25) is 9.59 Å². The number of piperazine rings is 1. The summed E-state index contributed by atoms with van der Waals surface area (Å²) in [6, 6.07) is 7.44. The molecule has 6 nitrogen and oxygen atoms in total. The number of benzene rings is 1. The van der Waals surface area contributed by atoms with Gasteiger partial charge in [0.25, 0.3) is 0 Å². The number of carbonyl (C=O) groups excluding carboxylic acids is 2. The molecule has 1 aliphatic heterocycles. The molecular weight excluding hydrogens is 362 g/mol. The molecule has 1 atom stereocenters. The van der Waals surface area contributed by atoms with Crippen LogP contribution >= 0.6 is 15.9 Å². The monoisotopic (exact) mass is 383 g/mol. The lowest BCUT2D eigenvalue weighted by molar-refractivity contribution is -0.138. The van der Waals surface area contributed by atoms with Crippen molar-refractivity contribution >= 4 is 27.7 Å². The van der Waals surface area contributed by atoms with E-state index in [1.165, 1.54) is 0 Å². The maximum Gasteiger partial charge on any atom is 0.240 e. The Morgan fingerprint density at radius 2 is 2.35 bits per heavy atom. The van der Waals surface area contributed by atoms with Crippen molar-refractivity contribution in [1.82, 2.24) is 15.5 Å². The number of rotatable bonds is 7.